The number of benzene rings is 2. The average molecular weight is 460 g/mol. The Labute approximate surface area is 188 Å². The number of nitrogens with zero attached hydrogens (tertiary/aromatic N) is 1. The Bertz CT molecular complexity index is 1110. The molecule has 0 saturated heterocycles. The van der Waals surface area contributed by atoms with Gasteiger partial charge in [-0.3, -0.25) is 4.72 Å². The van der Waals surface area contributed by atoms with Gasteiger partial charge in [0, 0.05) is 17.9 Å². The highest BCUT2D eigenvalue weighted by Crippen LogP contribution is 2.32. The van der Waals surface area contributed by atoms with E-state index in [1.54, 1.807) is 43.3 Å². The van der Waals surface area contributed by atoms with Crippen LogP contribution in [0.25, 0.3) is 0 Å². The van der Waals surface area contributed by atoms with E-state index in [0.717, 1.165) is 0 Å². The molecule has 2 N–H and O–H groups in total. The van der Waals surface area contributed by atoms with Crippen molar-refractivity contribution >= 4 is 39.0 Å². The lowest BCUT2D eigenvalue weighted by Crippen LogP contribution is -2.47. The Hall–Kier alpha value is -2.91. The van der Waals surface area contributed by atoms with Crippen LogP contribution in [0.3, 0.4) is 0 Å². The van der Waals surface area contributed by atoms with Crippen LogP contribution in [0.2, 0.25) is 0 Å². The highest BCUT2D eigenvalue weighted by atomic mass is 32.2. The first kappa shape index (κ1) is 22.8. The lowest BCUT2D eigenvalue weighted by molar-refractivity contribution is -0.139. The third-order valence-electron chi connectivity index (χ3n) is 4.93. The van der Waals surface area contributed by atoms with E-state index in [2.05, 4.69) is 10.0 Å². The minimum Gasteiger partial charge on any atom is -0.463 e. The van der Waals surface area contributed by atoms with Crippen LogP contribution in [0.1, 0.15) is 32.4 Å². The van der Waals surface area contributed by atoms with E-state index in [-0.39, 0.29) is 11.5 Å². The fourth-order valence-electron chi connectivity index (χ4n) is 3.48. The maximum atomic E-state index is 12.8. The van der Waals surface area contributed by atoms with E-state index in [1.807, 2.05) is 24.8 Å². The van der Waals surface area contributed by atoms with Gasteiger partial charge in [0.05, 0.1) is 23.1 Å². The molecule has 0 spiro atoms. The van der Waals surface area contributed by atoms with Gasteiger partial charge >= 0.3 is 5.97 Å². The quantitative estimate of drug-likeness (QED) is 0.483. The summed E-state index contributed by atoms with van der Waals surface area (Å²) in [5.74, 6) is -0.436. The number of ether oxygens (including phenoxy) is 1. The first-order valence-corrected chi connectivity index (χ1v) is 11.8. The van der Waals surface area contributed by atoms with Gasteiger partial charge in [-0.05, 0) is 62.8 Å². The van der Waals surface area contributed by atoms with Gasteiger partial charge in [-0.1, -0.05) is 30.3 Å². The second-order valence-electron chi connectivity index (χ2n) is 6.89. The Kier molecular flexibility index (Phi) is 6.97. The fourth-order valence-corrected chi connectivity index (χ4v) is 4.94. The number of carbonyl (C=O) groups is 1. The molecule has 7 nitrogen and oxygen atoms in total. The maximum absolute atomic E-state index is 12.8. The van der Waals surface area contributed by atoms with E-state index < -0.39 is 22.0 Å². The highest BCUT2D eigenvalue weighted by Gasteiger charge is 2.34. The molecule has 1 aliphatic heterocycles. The molecule has 0 fully saturated rings. The van der Waals surface area contributed by atoms with Crippen LogP contribution in [0.4, 0.5) is 5.69 Å². The van der Waals surface area contributed by atoms with Crippen molar-refractivity contribution < 1.29 is 17.9 Å². The van der Waals surface area contributed by atoms with Gasteiger partial charge in [-0.25, -0.2) is 13.2 Å². The number of rotatable bonds is 7. The molecule has 1 aliphatic rings. The summed E-state index contributed by atoms with van der Waals surface area (Å²) in [6.07, 6.45) is 0. The molecule has 0 saturated carbocycles. The number of hydrogen-bond donors (Lipinski definition) is 2. The Morgan fingerprint density at radius 1 is 1.16 bits per heavy atom. The summed E-state index contributed by atoms with van der Waals surface area (Å²) in [6, 6.07) is 14.5. The summed E-state index contributed by atoms with van der Waals surface area (Å²) in [5, 5.41) is 3.69. The molecule has 0 bridgehead atoms. The molecule has 2 aromatic rings. The third kappa shape index (κ3) is 4.88. The number of allylic oxidation sites excluding steroid dienone is 1. The van der Waals surface area contributed by atoms with Crippen LogP contribution in [0, 0.1) is 0 Å². The molecule has 2 aromatic carbocycles. The van der Waals surface area contributed by atoms with E-state index in [1.165, 1.54) is 12.1 Å². The molecule has 0 aromatic heterocycles. The molecule has 0 unspecified atom stereocenters. The van der Waals surface area contributed by atoms with E-state index >= 15 is 0 Å². The lowest BCUT2D eigenvalue weighted by atomic mass is 9.94. The number of anilines is 1. The van der Waals surface area contributed by atoms with Crippen LogP contribution in [0.15, 0.2) is 70.8 Å². The second kappa shape index (κ2) is 9.49. The van der Waals surface area contributed by atoms with E-state index in [9.17, 15) is 13.2 Å². The predicted molar refractivity (Wildman–Crippen MR) is 124 cm³/mol. The van der Waals surface area contributed by atoms with Gasteiger partial charge in [0.1, 0.15) is 0 Å². The van der Waals surface area contributed by atoms with Crippen LogP contribution < -0.4 is 10.0 Å². The number of carbonyl (C=O) groups excluding carboxylic acids is 1. The minimum absolute atomic E-state index is 0.166. The van der Waals surface area contributed by atoms with Gasteiger partial charge in [0.15, 0.2) is 5.11 Å². The number of sulfonamides is 1. The Balaban J connectivity index is 1.99. The lowest BCUT2D eigenvalue weighted by Gasteiger charge is -2.37. The zero-order valence-corrected chi connectivity index (χ0v) is 19.2. The summed E-state index contributed by atoms with van der Waals surface area (Å²) >= 11 is 5.49. The van der Waals surface area contributed by atoms with Crippen molar-refractivity contribution in [3.05, 3.63) is 71.4 Å². The van der Waals surface area contributed by atoms with Crippen molar-refractivity contribution in [3.8, 4) is 0 Å². The van der Waals surface area contributed by atoms with Crippen LogP contribution in [-0.4, -0.2) is 37.6 Å². The van der Waals surface area contributed by atoms with Crippen LogP contribution in [0.5, 0.6) is 0 Å². The average Bonchev–Trinajstić information content (AvgIpc) is 2.74. The molecule has 0 amide bonds. The summed E-state index contributed by atoms with van der Waals surface area (Å²) < 4.78 is 33.3. The summed E-state index contributed by atoms with van der Waals surface area (Å²) in [5.41, 5.74) is 2.23. The first-order chi connectivity index (χ1) is 14.8. The molecule has 3 rings (SSSR count). The van der Waals surface area contributed by atoms with Crippen molar-refractivity contribution in [2.24, 2.45) is 0 Å². The topological polar surface area (TPSA) is 87.7 Å². The smallest absolute Gasteiger partial charge is 0.338 e. The zero-order chi connectivity index (χ0) is 22.6. The Morgan fingerprint density at radius 3 is 2.52 bits per heavy atom. The number of esters is 1. The van der Waals surface area contributed by atoms with Crippen LogP contribution >= 0.6 is 12.2 Å². The van der Waals surface area contributed by atoms with E-state index in [0.29, 0.717) is 34.2 Å². The van der Waals surface area contributed by atoms with Gasteiger partial charge in [0.25, 0.3) is 10.0 Å². The van der Waals surface area contributed by atoms with Gasteiger partial charge < -0.3 is 15.0 Å². The normalized spacial score (nSPS) is 16.7. The minimum atomic E-state index is -3.74. The highest BCUT2D eigenvalue weighted by molar-refractivity contribution is 7.92. The van der Waals surface area contributed by atoms with Crippen LogP contribution in [-0.2, 0) is 19.6 Å². The monoisotopic (exact) mass is 459 g/mol. The molecule has 164 valence electrons. The SMILES string of the molecule is CCOC(=O)C1=C(C)N(CC)C(=S)N[C@@H]1c1cccc(NS(=O)(=O)c2ccccc2)c1. The first-order valence-electron chi connectivity index (χ1n) is 9.92. The van der Waals surface area contributed by atoms with Crippen molar-refractivity contribution in [2.45, 2.75) is 31.7 Å². The number of hydrogen-bond acceptors (Lipinski definition) is 5. The standard InChI is InChI=1S/C22H25N3O4S2/c1-4-25-15(3)19(21(26)29-5-2)20(23-22(25)30)16-10-9-11-17(14-16)24-31(27,28)18-12-7-6-8-13-18/h6-14,20,24H,4-5H2,1-3H3,(H,23,30)/t20-/m1/s1. The molecule has 31 heavy (non-hydrogen) atoms. The Morgan fingerprint density at radius 2 is 1.87 bits per heavy atom. The number of nitrogens with one attached hydrogen (secondary N) is 2. The second-order valence-corrected chi connectivity index (χ2v) is 8.96. The molecule has 1 atom stereocenters. The van der Waals surface area contributed by atoms with Gasteiger partial charge in [0.2, 0.25) is 0 Å². The number of thiocarbonyl (C=S) groups is 1. The van der Waals surface area contributed by atoms with Gasteiger partial charge in [-0.2, -0.15) is 0 Å². The third-order valence-corrected chi connectivity index (χ3v) is 6.67. The summed E-state index contributed by atoms with van der Waals surface area (Å²) in [6.45, 7) is 6.37. The van der Waals surface area contributed by atoms with Gasteiger partial charge in [-0.15, -0.1) is 0 Å². The van der Waals surface area contributed by atoms with Crippen molar-refractivity contribution in [1.82, 2.24) is 10.2 Å². The molecular weight excluding hydrogens is 434 g/mol. The predicted octanol–water partition coefficient (Wildman–Crippen LogP) is 3.58. The largest absolute Gasteiger partial charge is 0.463 e. The molecular formula is C22H25N3O4S2. The van der Waals surface area contributed by atoms with Crippen molar-refractivity contribution in [1.29, 1.82) is 0 Å². The van der Waals surface area contributed by atoms with E-state index in [4.69, 9.17) is 17.0 Å². The molecule has 9 heteroatoms. The summed E-state index contributed by atoms with van der Waals surface area (Å²) in [4.78, 5) is 14.8. The van der Waals surface area contributed by atoms with Crippen molar-refractivity contribution in [3.63, 3.8) is 0 Å². The molecule has 0 radical (unpaired) electrons. The zero-order valence-electron chi connectivity index (χ0n) is 17.6. The maximum Gasteiger partial charge on any atom is 0.338 e. The fraction of sp³-hybridized carbons (Fsp3) is 0.273. The summed E-state index contributed by atoms with van der Waals surface area (Å²) in [7, 11) is -3.74. The molecule has 0 aliphatic carbocycles. The van der Waals surface area contributed by atoms with Crippen molar-refractivity contribution in [2.75, 3.05) is 17.9 Å². The molecule has 1 heterocycles.